The highest BCUT2D eigenvalue weighted by molar-refractivity contribution is 5.42. The van der Waals surface area contributed by atoms with Crippen molar-refractivity contribution in [2.45, 2.75) is 20.4 Å². The van der Waals surface area contributed by atoms with Gasteiger partial charge in [0.1, 0.15) is 0 Å². The molecule has 0 unspecified atom stereocenters. The summed E-state index contributed by atoms with van der Waals surface area (Å²) in [7, 11) is 0. The molecule has 2 aromatic rings. The molecule has 0 saturated heterocycles. The lowest BCUT2D eigenvalue weighted by Gasteiger charge is -2.08. The highest BCUT2D eigenvalue weighted by Gasteiger charge is 1.99. The van der Waals surface area contributed by atoms with E-state index in [2.05, 4.69) is 34.3 Å². The van der Waals surface area contributed by atoms with Crippen LogP contribution in [-0.2, 0) is 6.54 Å². The van der Waals surface area contributed by atoms with E-state index in [9.17, 15) is 0 Å². The fourth-order valence-electron chi connectivity index (χ4n) is 1.40. The molecule has 0 fully saturated rings. The van der Waals surface area contributed by atoms with Crippen LogP contribution in [0.15, 0.2) is 30.6 Å². The van der Waals surface area contributed by atoms with Crippen LogP contribution >= 0.6 is 0 Å². The Balaban J connectivity index is 1.83. The van der Waals surface area contributed by atoms with Crippen LogP contribution in [0.3, 0.4) is 0 Å². The average molecular weight is 246 g/mol. The molecule has 2 aromatic heterocycles. The van der Waals surface area contributed by atoms with Crippen molar-refractivity contribution in [1.82, 2.24) is 15.2 Å². The zero-order chi connectivity index (χ0) is 12.8. The summed E-state index contributed by atoms with van der Waals surface area (Å²) in [4.78, 5) is 4.24. The molecule has 0 amide bonds. The minimum absolute atomic E-state index is 0.505. The summed E-state index contributed by atoms with van der Waals surface area (Å²) in [5, 5.41) is 10.0. The number of nitrogens with zero attached hydrogens (tertiary/aromatic N) is 2. The normalized spacial score (nSPS) is 10.6. The van der Waals surface area contributed by atoms with Crippen molar-refractivity contribution in [2.75, 3.05) is 11.9 Å². The average Bonchev–Trinajstić information content (AvgIpc) is 2.88. The van der Waals surface area contributed by atoms with E-state index in [4.69, 9.17) is 4.74 Å². The van der Waals surface area contributed by atoms with Crippen molar-refractivity contribution in [3.63, 3.8) is 0 Å². The molecule has 0 bridgehead atoms. The van der Waals surface area contributed by atoms with Crippen LogP contribution in [0.25, 0.3) is 0 Å². The molecule has 0 radical (unpaired) electrons. The lowest BCUT2D eigenvalue weighted by molar-refractivity contribution is 0.261. The monoisotopic (exact) mass is 246 g/mol. The Morgan fingerprint density at radius 1 is 1.33 bits per heavy atom. The number of nitrogens with one attached hydrogen (secondary N) is 2. The minimum atomic E-state index is 0.505. The minimum Gasteiger partial charge on any atom is -0.477 e. The maximum absolute atomic E-state index is 5.52. The summed E-state index contributed by atoms with van der Waals surface area (Å²) in [5.74, 6) is 1.17. The number of aromatic nitrogens is 3. The van der Waals surface area contributed by atoms with E-state index in [-0.39, 0.29) is 0 Å². The van der Waals surface area contributed by atoms with Gasteiger partial charge in [0.05, 0.1) is 30.7 Å². The predicted octanol–water partition coefficient (Wildman–Crippen LogP) is 2.45. The summed E-state index contributed by atoms with van der Waals surface area (Å²) < 4.78 is 5.52. The third-order valence-electron chi connectivity index (χ3n) is 2.34. The van der Waals surface area contributed by atoms with Gasteiger partial charge in [-0.3, -0.25) is 5.10 Å². The molecule has 0 spiro atoms. The summed E-state index contributed by atoms with van der Waals surface area (Å²) in [6, 6.07) is 5.76. The van der Waals surface area contributed by atoms with E-state index in [1.54, 1.807) is 12.4 Å². The van der Waals surface area contributed by atoms with Gasteiger partial charge in [-0.15, -0.1) is 0 Å². The molecule has 0 aromatic carbocycles. The van der Waals surface area contributed by atoms with Gasteiger partial charge in [-0.05, 0) is 18.1 Å². The molecule has 5 heteroatoms. The zero-order valence-electron chi connectivity index (χ0n) is 10.7. The fourth-order valence-corrected chi connectivity index (χ4v) is 1.40. The Morgan fingerprint density at radius 3 is 2.83 bits per heavy atom. The topological polar surface area (TPSA) is 62.8 Å². The van der Waals surface area contributed by atoms with E-state index in [1.165, 1.54) is 0 Å². The molecule has 0 aliphatic carbocycles. The Hall–Kier alpha value is -2.04. The number of ether oxygens (including phenoxy) is 1. The second kappa shape index (κ2) is 6.05. The van der Waals surface area contributed by atoms with E-state index in [0.29, 0.717) is 24.9 Å². The summed E-state index contributed by atoms with van der Waals surface area (Å²) in [6.07, 6.45) is 3.50. The van der Waals surface area contributed by atoms with Gasteiger partial charge in [-0.25, -0.2) is 4.98 Å². The fraction of sp³-hybridized carbons (Fsp3) is 0.385. The Morgan fingerprint density at radius 2 is 2.22 bits per heavy atom. The summed E-state index contributed by atoms with van der Waals surface area (Å²) in [5.41, 5.74) is 2.00. The van der Waals surface area contributed by atoms with Crippen LogP contribution in [0.1, 0.15) is 19.5 Å². The van der Waals surface area contributed by atoms with Gasteiger partial charge in [0.2, 0.25) is 5.88 Å². The zero-order valence-corrected chi connectivity index (χ0v) is 10.7. The lowest BCUT2D eigenvalue weighted by atomic mass is 10.2. The highest BCUT2D eigenvalue weighted by Crippen LogP contribution is 2.13. The molecule has 0 aliphatic heterocycles. The first-order valence-electron chi connectivity index (χ1n) is 6.05. The van der Waals surface area contributed by atoms with Gasteiger partial charge in [-0.1, -0.05) is 13.8 Å². The molecule has 0 saturated carbocycles. The SMILES string of the molecule is CC(C)COc1ccc(NCc2ccn[nH]2)cn1. The number of aromatic amines is 1. The second-order valence-corrected chi connectivity index (χ2v) is 4.53. The van der Waals surface area contributed by atoms with Crippen molar-refractivity contribution in [1.29, 1.82) is 0 Å². The summed E-state index contributed by atoms with van der Waals surface area (Å²) in [6.45, 7) is 5.61. The van der Waals surface area contributed by atoms with Gasteiger partial charge in [-0.2, -0.15) is 5.10 Å². The van der Waals surface area contributed by atoms with Gasteiger partial charge in [0, 0.05) is 12.3 Å². The van der Waals surface area contributed by atoms with Gasteiger partial charge < -0.3 is 10.1 Å². The molecule has 0 aliphatic rings. The maximum atomic E-state index is 5.52. The van der Waals surface area contributed by atoms with Gasteiger partial charge in [0.25, 0.3) is 0 Å². The number of H-pyrrole nitrogens is 1. The third kappa shape index (κ3) is 3.76. The van der Waals surface area contributed by atoms with Crippen molar-refractivity contribution >= 4 is 5.69 Å². The first-order chi connectivity index (χ1) is 8.74. The number of hydrogen-bond acceptors (Lipinski definition) is 4. The van der Waals surface area contributed by atoms with Crippen LogP contribution < -0.4 is 10.1 Å². The smallest absolute Gasteiger partial charge is 0.213 e. The molecule has 18 heavy (non-hydrogen) atoms. The highest BCUT2D eigenvalue weighted by atomic mass is 16.5. The predicted molar refractivity (Wildman–Crippen MR) is 70.5 cm³/mol. The summed E-state index contributed by atoms with van der Waals surface area (Å²) >= 11 is 0. The first kappa shape index (κ1) is 12.4. The number of rotatable bonds is 6. The van der Waals surface area contributed by atoms with Crippen LogP contribution in [0.5, 0.6) is 5.88 Å². The van der Waals surface area contributed by atoms with Crippen LogP contribution in [0, 0.1) is 5.92 Å². The van der Waals surface area contributed by atoms with Gasteiger partial charge >= 0.3 is 0 Å². The Labute approximate surface area is 107 Å². The molecule has 2 rings (SSSR count). The molecular weight excluding hydrogens is 228 g/mol. The largest absolute Gasteiger partial charge is 0.477 e. The Kier molecular flexibility index (Phi) is 4.17. The lowest BCUT2D eigenvalue weighted by Crippen LogP contribution is -2.06. The second-order valence-electron chi connectivity index (χ2n) is 4.53. The molecule has 96 valence electrons. The molecule has 2 N–H and O–H groups in total. The number of pyridine rings is 1. The van der Waals surface area contributed by atoms with Crippen molar-refractivity contribution in [3.8, 4) is 5.88 Å². The van der Waals surface area contributed by atoms with Crippen LogP contribution in [-0.4, -0.2) is 21.8 Å². The number of anilines is 1. The Bertz CT molecular complexity index is 450. The molecular formula is C13H18N4O. The first-order valence-corrected chi connectivity index (χ1v) is 6.05. The standard InChI is InChI=1S/C13H18N4O/c1-10(2)9-18-13-4-3-11(7-15-13)14-8-12-5-6-16-17-12/h3-7,10,14H,8-9H2,1-2H3,(H,16,17). The van der Waals surface area contributed by atoms with E-state index in [1.807, 2.05) is 18.2 Å². The number of hydrogen-bond donors (Lipinski definition) is 2. The molecule has 5 nitrogen and oxygen atoms in total. The third-order valence-corrected chi connectivity index (χ3v) is 2.34. The molecule has 0 atom stereocenters. The van der Waals surface area contributed by atoms with Crippen molar-refractivity contribution in [2.24, 2.45) is 5.92 Å². The molecule has 2 heterocycles. The van der Waals surface area contributed by atoms with Gasteiger partial charge in [0.15, 0.2) is 0 Å². The van der Waals surface area contributed by atoms with Crippen LogP contribution in [0.2, 0.25) is 0 Å². The van der Waals surface area contributed by atoms with E-state index < -0.39 is 0 Å². The maximum Gasteiger partial charge on any atom is 0.213 e. The van der Waals surface area contributed by atoms with Crippen LogP contribution in [0.4, 0.5) is 5.69 Å². The van der Waals surface area contributed by atoms with Crippen molar-refractivity contribution in [3.05, 3.63) is 36.3 Å². The van der Waals surface area contributed by atoms with Crippen molar-refractivity contribution < 1.29 is 4.74 Å². The van der Waals surface area contributed by atoms with E-state index >= 15 is 0 Å². The quantitative estimate of drug-likeness (QED) is 0.821. The van der Waals surface area contributed by atoms with E-state index in [0.717, 1.165) is 11.4 Å².